The Bertz CT molecular complexity index is 485. The van der Waals surface area contributed by atoms with Crippen molar-refractivity contribution in [2.75, 3.05) is 18.6 Å². The Labute approximate surface area is 119 Å². The molecule has 0 N–H and O–H groups in total. The molecule has 0 aromatic heterocycles. The summed E-state index contributed by atoms with van der Waals surface area (Å²) in [5, 5.41) is 0. The van der Waals surface area contributed by atoms with Gasteiger partial charge in [0.15, 0.2) is 0 Å². The van der Waals surface area contributed by atoms with Crippen LogP contribution in [-0.4, -0.2) is 27.0 Å². The van der Waals surface area contributed by atoms with E-state index in [4.69, 9.17) is 4.74 Å². The van der Waals surface area contributed by atoms with Gasteiger partial charge in [0.25, 0.3) is 0 Å². The highest BCUT2D eigenvalue weighted by molar-refractivity contribution is 9.10. The van der Waals surface area contributed by atoms with Crippen molar-refractivity contribution in [1.29, 1.82) is 0 Å². The average Bonchev–Trinajstić information content (AvgIpc) is 2.18. The van der Waals surface area contributed by atoms with E-state index >= 15 is 0 Å². The first-order valence-corrected chi connectivity index (χ1v) is 8.84. The summed E-state index contributed by atoms with van der Waals surface area (Å²) in [4.78, 5) is -0.267. The summed E-state index contributed by atoms with van der Waals surface area (Å²) in [6.07, 6.45) is 1.22. The van der Waals surface area contributed by atoms with E-state index in [1.807, 2.05) is 25.1 Å². The summed E-state index contributed by atoms with van der Waals surface area (Å²) >= 11 is 6.77. The van der Waals surface area contributed by atoms with Gasteiger partial charge in [-0.25, -0.2) is 8.42 Å². The predicted octanol–water partition coefficient (Wildman–Crippen LogP) is 3.33. The molecule has 0 spiro atoms. The van der Waals surface area contributed by atoms with Crippen LogP contribution in [0.1, 0.15) is 17.3 Å². The largest absolute Gasteiger partial charge is 0.494 e. The number of hydrogen-bond acceptors (Lipinski definition) is 3. The maximum absolute atomic E-state index is 11.3. The Morgan fingerprint density at radius 1 is 1.41 bits per heavy atom. The fourth-order valence-corrected chi connectivity index (χ4v) is 4.29. The normalized spacial score (nSPS) is 13.4. The molecular weight excluding hydrogens is 372 g/mol. The molecule has 0 bridgehead atoms. The van der Waals surface area contributed by atoms with Gasteiger partial charge in [0.1, 0.15) is 15.6 Å². The molecule has 0 radical (unpaired) electrons. The van der Waals surface area contributed by atoms with Gasteiger partial charge < -0.3 is 4.74 Å². The lowest BCUT2D eigenvalue weighted by atomic mass is 10.1. The lowest BCUT2D eigenvalue weighted by Crippen LogP contribution is -2.10. The van der Waals surface area contributed by atoms with E-state index in [1.54, 1.807) is 0 Å². The van der Waals surface area contributed by atoms with Gasteiger partial charge >= 0.3 is 0 Å². The van der Waals surface area contributed by atoms with Gasteiger partial charge in [-0.1, -0.05) is 31.9 Å². The zero-order valence-corrected chi connectivity index (χ0v) is 13.6. The molecule has 0 saturated carbocycles. The Morgan fingerprint density at radius 2 is 2.06 bits per heavy atom. The lowest BCUT2D eigenvalue weighted by molar-refractivity contribution is 0.336. The Morgan fingerprint density at radius 3 is 2.59 bits per heavy atom. The Balaban J connectivity index is 3.05. The predicted molar refractivity (Wildman–Crippen MR) is 76.7 cm³/mol. The van der Waals surface area contributed by atoms with E-state index in [9.17, 15) is 8.42 Å². The van der Waals surface area contributed by atoms with Gasteiger partial charge in [-0.05, 0) is 25.1 Å². The molecule has 1 aromatic carbocycles. The monoisotopic (exact) mass is 384 g/mol. The summed E-state index contributed by atoms with van der Waals surface area (Å²) in [6, 6.07) is 5.57. The first-order valence-electron chi connectivity index (χ1n) is 5.07. The maximum atomic E-state index is 11.3. The van der Waals surface area contributed by atoms with Crippen LogP contribution < -0.4 is 4.74 Å². The minimum atomic E-state index is -3.03. The third-order valence-corrected chi connectivity index (χ3v) is 4.74. The van der Waals surface area contributed by atoms with Crippen molar-refractivity contribution in [2.24, 2.45) is 0 Å². The quantitative estimate of drug-likeness (QED) is 0.730. The van der Waals surface area contributed by atoms with Crippen LogP contribution in [0.5, 0.6) is 5.75 Å². The van der Waals surface area contributed by atoms with E-state index in [2.05, 4.69) is 31.9 Å². The van der Waals surface area contributed by atoms with Crippen LogP contribution in [0.2, 0.25) is 0 Å². The van der Waals surface area contributed by atoms with E-state index in [0.717, 1.165) is 10.0 Å². The second-order valence-corrected chi connectivity index (χ2v) is 7.88. The van der Waals surface area contributed by atoms with Crippen LogP contribution in [0.4, 0.5) is 0 Å². The molecule has 3 nitrogen and oxygen atoms in total. The first kappa shape index (κ1) is 15.0. The van der Waals surface area contributed by atoms with Gasteiger partial charge in [-0.15, -0.1) is 0 Å². The molecule has 0 aliphatic heterocycles. The number of ether oxygens (including phenoxy) is 1. The number of hydrogen-bond donors (Lipinski definition) is 0. The van der Waals surface area contributed by atoms with E-state index in [-0.39, 0.29) is 10.6 Å². The first-order chi connectivity index (χ1) is 7.83. The number of benzene rings is 1. The van der Waals surface area contributed by atoms with Gasteiger partial charge in [0.2, 0.25) is 0 Å². The molecule has 1 rings (SSSR count). The minimum absolute atomic E-state index is 0.0452. The van der Waals surface area contributed by atoms with Crippen molar-refractivity contribution in [3.63, 3.8) is 0 Å². The molecule has 6 heteroatoms. The molecule has 0 saturated heterocycles. The summed E-state index contributed by atoms with van der Waals surface area (Å²) < 4.78 is 29.0. The summed E-state index contributed by atoms with van der Waals surface area (Å²) in [5.74, 6) is 0.755. The zero-order chi connectivity index (χ0) is 13.1. The van der Waals surface area contributed by atoms with Crippen molar-refractivity contribution >= 4 is 41.7 Å². The standard InChI is InChI=1S/C11H14Br2O3S/c1-3-16-11-5-4-8(12)6-9(11)10(13)7-17(2,14)15/h4-6,10H,3,7H2,1-2H3. The Hall–Kier alpha value is -0.0700. The van der Waals surface area contributed by atoms with Crippen LogP contribution in [0, 0.1) is 0 Å². The second kappa shape index (κ2) is 6.20. The molecule has 1 aromatic rings. The number of rotatable bonds is 5. The molecule has 0 heterocycles. The summed E-state index contributed by atoms with van der Waals surface area (Å²) in [6.45, 7) is 2.44. The van der Waals surface area contributed by atoms with Gasteiger partial charge in [-0.2, -0.15) is 0 Å². The van der Waals surface area contributed by atoms with Crippen LogP contribution in [0.15, 0.2) is 22.7 Å². The van der Waals surface area contributed by atoms with Gasteiger partial charge in [-0.3, -0.25) is 0 Å². The molecule has 0 fully saturated rings. The number of alkyl halides is 1. The zero-order valence-electron chi connectivity index (χ0n) is 9.61. The van der Waals surface area contributed by atoms with Crippen molar-refractivity contribution in [3.8, 4) is 5.75 Å². The third kappa shape index (κ3) is 4.97. The fourth-order valence-electron chi connectivity index (χ4n) is 1.41. The topological polar surface area (TPSA) is 43.4 Å². The maximum Gasteiger partial charge on any atom is 0.148 e. The number of halogens is 2. The van der Waals surface area contributed by atoms with Crippen molar-refractivity contribution in [2.45, 2.75) is 11.8 Å². The second-order valence-electron chi connectivity index (χ2n) is 3.68. The Kier molecular flexibility index (Phi) is 5.47. The van der Waals surface area contributed by atoms with Crippen molar-refractivity contribution in [1.82, 2.24) is 0 Å². The summed E-state index contributed by atoms with van der Waals surface area (Å²) in [7, 11) is -3.03. The van der Waals surface area contributed by atoms with E-state index in [0.29, 0.717) is 12.4 Å². The molecular formula is C11H14Br2O3S. The van der Waals surface area contributed by atoms with Crippen LogP contribution in [0.3, 0.4) is 0 Å². The average molecular weight is 386 g/mol. The SMILES string of the molecule is CCOc1ccc(Br)cc1C(Br)CS(C)(=O)=O. The minimum Gasteiger partial charge on any atom is -0.494 e. The van der Waals surface area contributed by atoms with Gasteiger partial charge in [0.05, 0.1) is 17.2 Å². The van der Waals surface area contributed by atoms with Gasteiger partial charge in [0, 0.05) is 16.3 Å². The molecule has 1 unspecified atom stereocenters. The van der Waals surface area contributed by atoms with Crippen molar-refractivity contribution in [3.05, 3.63) is 28.2 Å². The lowest BCUT2D eigenvalue weighted by Gasteiger charge is -2.15. The molecule has 0 aliphatic rings. The third-order valence-electron chi connectivity index (χ3n) is 2.06. The molecule has 17 heavy (non-hydrogen) atoms. The highest BCUT2D eigenvalue weighted by atomic mass is 79.9. The highest BCUT2D eigenvalue weighted by Gasteiger charge is 2.18. The molecule has 96 valence electrons. The van der Waals surface area contributed by atoms with Crippen molar-refractivity contribution < 1.29 is 13.2 Å². The molecule has 0 amide bonds. The fraction of sp³-hybridized carbons (Fsp3) is 0.455. The smallest absolute Gasteiger partial charge is 0.148 e. The van der Waals surface area contributed by atoms with Crippen LogP contribution in [-0.2, 0) is 9.84 Å². The van der Waals surface area contributed by atoms with E-state index < -0.39 is 9.84 Å². The van der Waals surface area contributed by atoms with Crippen LogP contribution in [0.25, 0.3) is 0 Å². The van der Waals surface area contributed by atoms with E-state index in [1.165, 1.54) is 6.26 Å². The highest BCUT2D eigenvalue weighted by Crippen LogP contribution is 2.34. The number of sulfone groups is 1. The molecule has 1 atom stereocenters. The molecule has 0 aliphatic carbocycles. The summed E-state index contributed by atoms with van der Waals surface area (Å²) in [5.41, 5.74) is 0.839. The van der Waals surface area contributed by atoms with Crippen LogP contribution >= 0.6 is 31.9 Å².